The number of allylic oxidation sites excluding steroid dienone is 1. The zero-order valence-electron chi connectivity index (χ0n) is 10.2. The summed E-state index contributed by atoms with van der Waals surface area (Å²) < 4.78 is 0.639. The number of aryl methyl sites for hydroxylation is 2. The van der Waals surface area contributed by atoms with Crippen LogP contribution in [0, 0.1) is 17.8 Å². The molecule has 18 heavy (non-hydrogen) atoms. The maximum atomic E-state index is 12.0. The van der Waals surface area contributed by atoms with Crippen LogP contribution in [0.15, 0.2) is 30.3 Å². The highest BCUT2D eigenvalue weighted by molar-refractivity contribution is 7.73. The minimum Gasteiger partial charge on any atom is -0.340 e. The second-order valence-electron chi connectivity index (χ2n) is 4.08. The first-order valence-electron chi connectivity index (χ1n) is 5.55. The van der Waals surface area contributed by atoms with Gasteiger partial charge in [-0.05, 0) is 37.7 Å². The Kier molecular flexibility index (Phi) is 3.89. The monoisotopic (exact) mass is 275 g/mol. The van der Waals surface area contributed by atoms with E-state index in [2.05, 4.69) is 4.98 Å². The fourth-order valence-corrected chi connectivity index (χ4v) is 2.73. The van der Waals surface area contributed by atoms with Gasteiger partial charge in [0.25, 0.3) is 0 Å². The Balaban J connectivity index is 2.19. The van der Waals surface area contributed by atoms with E-state index in [1.54, 1.807) is 6.08 Å². The number of carbonyl (C=O) groups is 1. The molecule has 0 aliphatic heterocycles. The zero-order valence-corrected chi connectivity index (χ0v) is 11.8. The third-order valence-corrected chi connectivity index (χ3v) is 3.90. The molecule has 0 saturated carbocycles. The van der Waals surface area contributed by atoms with Gasteiger partial charge in [-0.3, -0.25) is 4.79 Å². The van der Waals surface area contributed by atoms with E-state index in [4.69, 9.17) is 12.2 Å². The van der Waals surface area contributed by atoms with E-state index in [9.17, 15) is 4.79 Å². The Labute approximate surface area is 115 Å². The molecule has 0 saturated heterocycles. The molecule has 0 aliphatic rings. The highest BCUT2D eigenvalue weighted by atomic mass is 32.1. The topological polar surface area (TPSA) is 32.9 Å². The highest BCUT2D eigenvalue weighted by Crippen LogP contribution is 2.16. The van der Waals surface area contributed by atoms with E-state index in [1.807, 2.05) is 44.2 Å². The summed E-state index contributed by atoms with van der Waals surface area (Å²) in [5.74, 6) is -0.00887. The van der Waals surface area contributed by atoms with Gasteiger partial charge in [0.1, 0.15) is 0 Å². The molecule has 2 aromatic rings. The average molecular weight is 275 g/mol. The molecular weight excluding hydrogens is 262 g/mol. The lowest BCUT2D eigenvalue weighted by atomic mass is 10.1. The summed E-state index contributed by atoms with van der Waals surface area (Å²) in [6.45, 7) is 3.90. The molecule has 0 aliphatic carbocycles. The first-order valence-corrected chi connectivity index (χ1v) is 6.77. The molecule has 1 heterocycles. The number of H-pyrrole nitrogens is 1. The normalized spacial score (nSPS) is 11.0. The standard InChI is InChI=1S/C14H13NOS2/c1-9-3-5-11(6-4-9)7-8-12(16)13-10(2)15-14(17)18-13/h3-8H,1-2H3,(H,15,17)/b8-7+. The largest absolute Gasteiger partial charge is 0.340 e. The summed E-state index contributed by atoms with van der Waals surface area (Å²) in [5, 5.41) is 0. The second-order valence-corrected chi connectivity index (χ2v) is 5.76. The van der Waals surface area contributed by atoms with E-state index < -0.39 is 0 Å². The summed E-state index contributed by atoms with van der Waals surface area (Å²) in [5.41, 5.74) is 3.06. The summed E-state index contributed by atoms with van der Waals surface area (Å²) >= 11 is 6.34. The van der Waals surface area contributed by atoms with Crippen molar-refractivity contribution < 1.29 is 4.79 Å². The van der Waals surface area contributed by atoms with Crippen molar-refractivity contribution in [1.82, 2.24) is 4.98 Å². The van der Waals surface area contributed by atoms with Crippen LogP contribution in [0.4, 0.5) is 0 Å². The molecule has 1 aromatic carbocycles. The van der Waals surface area contributed by atoms with Gasteiger partial charge in [-0.15, -0.1) is 11.3 Å². The molecule has 92 valence electrons. The van der Waals surface area contributed by atoms with Crippen LogP contribution < -0.4 is 0 Å². The first kappa shape index (κ1) is 12.9. The van der Waals surface area contributed by atoms with Crippen LogP contribution in [0.3, 0.4) is 0 Å². The second kappa shape index (κ2) is 5.42. The Bertz CT molecular complexity index is 647. The van der Waals surface area contributed by atoms with Crippen LogP contribution >= 0.6 is 23.6 Å². The van der Waals surface area contributed by atoms with Crippen molar-refractivity contribution >= 4 is 35.4 Å². The molecule has 1 N–H and O–H groups in total. The van der Waals surface area contributed by atoms with E-state index >= 15 is 0 Å². The number of ketones is 1. The molecule has 2 nitrogen and oxygen atoms in total. The third kappa shape index (κ3) is 3.03. The highest BCUT2D eigenvalue weighted by Gasteiger charge is 2.08. The number of aromatic nitrogens is 1. The summed E-state index contributed by atoms with van der Waals surface area (Å²) in [6.07, 6.45) is 3.41. The van der Waals surface area contributed by atoms with Crippen LogP contribution in [0.25, 0.3) is 6.08 Å². The van der Waals surface area contributed by atoms with Gasteiger partial charge < -0.3 is 4.98 Å². The number of rotatable bonds is 3. The van der Waals surface area contributed by atoms with E-state index in [1.165, 1.54) is 16.9 Å². The van der Waals surface area contributed by atoms with Gasteiger partial charge >= 0.3 is 0 Å². The Morgan fingerprint density at radius 1 is 1.28 bits per heavy atom. The van der Waals surface area contributed by atoms with Crippen molar-refractivity contribution in [2.75, 3.05) is 0 Å². The number of benzene rings is 1. The number of nitrogens with one attached hydrogen (secondary N) is 1. The minimum atomic E-state index is -0.00887. The lowest BCUT2D eigenvalue weighted by Gasteiger charge is -1.95. The van der Waals surface area contributed by atoms with Crippen LogP contribution in [0.1, 0.15) is 26.5 Å². The summed E-state index contributed by atoms with van der Waals surface area (Å²) in [6, 6.07) is 8.03. The minimum absolute atomic E-state index is 0.00887. The molecule has 0 spiro atoms. The van der Waals surface area contributed by atoms with Gasteiger partial charge in [0.15, 0.2) is 9.74 Å². The van der Waals surface area contributed by atoms with Crippen molar-refractivity contribution in [1.29, 1.82) is 0 Å². The van der Waals surface area contributed by atoms with Crippen LogP contribution in [-0.2, 0) is 0 Å². The number of hydrogen-bond acceptors (Lipinski definition) is 3. The molecule has 0 atom stereocenters. The first-order chi connectivity index (χ1) is 8.56. The Morgan fingerprint density at radius 3 is 2.50 bits per heavy atom. The summed E-state index contributed by atoms with van der Waals surface area (Å²) in [7, 11) is 0. The number of carbonyl (C=O) groups excluding carboxylic acids is 1. The van der Waals surface area contributed by atoms with Crippen molar-refractivity contribution in [2.24, 2.45) is 0 Å². The molecule has 0 fully saturated rings. The summed E-state index contributed by atoms with van der Waals surface area (Å²) in [4.78, 5) is 15.6. The van der Waals surface area contributed by atoms with Crippen LogP contribution in [0.5, 0.6) is 0 Å². The molecular formula is C14H13NOS2. The van der Waals surface area contributed by atoms with Crippen LogP contribution in [-0.4, -0.2) is 10.8 Å². The van der Waals surface area contributed by atoms with Gasteiger partial charge in [0.2, 0.25) is 0 Å². The Hall–Kier alpha value is -1.52. The van der Waals surface area contributed by atoms with E-state index in [0.29, 0.717) is 8.83 Å². The fourth-order valence-electron chi connectivity index (χ4n) is 1.56. The quantitative estimate of drug-likeness (QED) is 0.514. The van der Waals surface area contributed by atoms with Gasteiger partial charge in [0.05, 0.1) is 4.88 Å². The van der Waals surface area contributed by atoms with Gasteiger partial charge in [0, 0.05) is 5.69 Å². The Morgan fingerprint density at radius 2 is 1.94 bits per heavy atom. The maximum absolute atomic E-state index is 12.0. The SMILES string of the molecule is Cc1ccc(/C=C/C(=O)c2sc(=S)[nH]c2C)cc1. The van der Waals surface area contributed by atoms with Crippen molar-refractivity contribution in [3.63, 3.8) is 0 Å². The van der Waals surface area contributed by atoms with E-state index in [0.717, 1.165) is 11.3 Å². The van der Waals surface area contributed by atoms with Crippen molar-refractivity contribution in [3.8, 4) is 0 Å². The molecule has 2 rings (SSSR count). The molecule has 4 heteroatoms. The molecule has 0 bridgehead atoms. The smallest absolute Gasteiger partial charge is 0.197 e. The predicted molar refractivity (Wildman–Crippen MR) is 78.8 cm³/mol. The van der Waals surface area contributed by atoms with Gasteiger partial charge in [-0.2, -0.15) is 0 Å². The molecule has 0 amide bonds. The fraction of sp³-hybridized carbons (Fsp3) is 0.143. The van der Waals surface area contributed by atoms with Crippen molar-refractivity contribution in [3.05, 3.63) is 56.0 Å². The number of thiazole rings is 1. The van der Waals surface area contributed by atoms with E-state index in [-0.39, 0.29) is 5.78 Å². The average Bonchev–Trinajstić information content (AvgIpc) is 2.67. The number of aromatic amines is 1. The molecule has 0 radical (unpaired) electrons. The predicted octanol–water partition coefficient (Wildman–Crippen LogP) is 4.32. The molecule has 0 unspecified atom stereocenters. The molecule has 1 aromatic heterocycles. The van der Waals surface area contributed by atoms with Crippen LogP contribution in [0.2, 0.25) is 0 Å². The van der Waals surface area contributed by atoms with Crippen molar-refractivity contribution in [2.45, 2.75) is 13.8 Å². The number of hydrogen-bond donors (Lipinski definition) is 1. The zero-order chi connectivity index (χ0) is 13.1. The van der Waals surface area contributed by atoms with Gasteiger partial charge in [-0.25, -0.2) is 0 Å². The third-order valence-electron chi connectivity index (χ3n) is 2.55. The maximum Gasteiger partial charge on any atom is 0.197 e. The lowest BCUT2D eigenvalue weighted by molar-refractivity contribution is 0.105. The lowest BCUT2D eigenvalue weighted by Crippen LogP contribution is -1.93. The van der Waals surface area contributed by atoms with Gasteiger partial charge in [-0.1, -0.05) is 35.9 Å².